The van der Waals surface area contributed by atoms with E-state index in [9.17, 15) is 14.4 Å². The van der Waals surface area contributed by atoms with E-state index < -0.39 is 17.3 Å². The van der Waals surface area contributed by atoms with Crippen molar-refractivity contribution in [2.45, 2.75) is 27.2 Å². The molecule has 15 heavy (non-hydrogen) atoms. The third kappa shape index (κ3) is 1.48. The fraction of sp³-hybridized carbons (Fsp3) is 0.727. The maximum Gasteiger partial charge on any atom is 0.320 e. The van der Waals surface area contributed by atoms with Gasteiger partial charge in [0, 0.05) is 5.92 Å². The van der Waals surface area contributed by atoms with E-state index in [1.54, 1.807) is 6.92 Å². The molecule has 0 N–H and O–H groups in total. The van der Waals surface area contributed by atoms with Gasteiger partial charge in [-0.2, -0.15) is 0 Å². The fourth-order valence-electron chi connectivity index (χ4n) is 2.44. The van der Waals surface area contributed by atoms with Gasteiger partial charge in [-0.15, -0.1) is 0 Å². The summed E-state index contributed by atoms with van der Waals surface area (Å²) in [7, 11) is 0. The first-order chi connectivity index (χ1) is 7.07. The zero-order valence-electron chi connectivity index (χ0n) is 9.28. The summed E-state index contributed by atoms with van der Waals surface area (Å²) in [5.41, 5.74) is -1.17. The Bertz CT molecular complexity index is 297. The number of ether oxygens (including phenoxy) is 1. The van der Waals surface area contributed by atoms with Crippen LogP contribution in [0.15, 0.2) is 0 Å². The van der Waals surface area contributed by atoms with Crippen LogP contribution in [0.25, 0.3) is 0 Å². The van der Waals surface area contributed by atoms with Gasteiger partial charge in [-0.05, 0) is 19.8 Å². The molecule has 0 amide bonds. The number of rotatable bonds is 5. The lowest BCUT2D eigenvalue weighted by Gasteiger charge is -2.11. The van der Waals surface area contributed by atoms with Crippen molar-refractivity contribution in [2.24, 2.45) is 17.3 Å². The molecule has 0 unspecified atom stereocenters. The van der Waals surface area contributed by atoms with E-state index in [1.165, 1.54) is 6.92 Å². The summed E-state index contributed by atoms with van der Waals surface area (Å²) >= 11 is 0. The smallest absolute Gasteiger partial charge is 0.320 e. The predicted molar refractivity (Wildman–Crippen MR) is 53.1 cm³/mol. The van der Waals surface area contributed by atoms with Gasteiger partial charge in [0.15, 0.2) is 0 Å². The van der Waals surface area contributed by atoms with Gasteiger partial charge in [0.1, 0.15) is 17.5 Å². The lowest BCUT2D eigenvalue weighted by atomic mass is 9.96. The summed E-state index contributed by atoms with van der Waals surface area (Å²) in [6.07, 6.45) is 1.34. The van der Waals surface area contributed by atoms with Crippen LogP contribution in [0, 0.1) is 17.3 Å². The van der Waals surface area contributed by atoms with Crippen molar-refractivity contribution in [1.29, 1.82) is 0 Å². The van der Waals surface area contributed by atoms with Crippen molar-refractivity contribution in [3.8, 4) is 0 Å². The third-order valence-electron chi connectivity index (χ3n) is 3.22. The van der Waals surface area contributed by atoms with E-state index in [1.807, 2.05) is 6.92 Å². The van der Waals surface area contributed by atoms with Crippen LogP contribution >= 0.6 is 0 Å². The molecule has 1 aliphatic rings. The Morgan fingerprint density at radius 2 is 2.00 bits per heavy atom. The Morgan fingerprint density at radius 1 is 1.40 bits per heavy atom. The summed E-state index contributed by atoms with van der Waals surface area (Å²) in [5, 5.41) is 0. The standard InChI is InChI=1S/C11H16O4/c1-4-8-9(6-12)11(8,7(3)13)10(14)15-5-2/h6,8-9H,4-5H2,1-3H3/t8-,9-,11+/m1/s1. The van der Waals surface area contributed by atoms with Crippen LogP contribution in [-0.4, -0.2) is 24.6 Å². The Morgan fingerprint density at radius 3 is 2.27 bits per heavy atom. The zero-order valence-corrected chi connectivity index (χ0v) is 9.28. The Balaban J connectivity index is 2.97. The molecule has 1 saturated carbocycles. The number of carbonyl (C=O) groups is 3. The maximum absolute atomic E-state index is 11.7. The second-order valence-corrected chi connectivity index (χ2v) is 3.82. The maximum atomic E-state index is 11.7. The summed E-state index contributed by atoms with van der Waals surface area (Å²) < 4.78 is 4.88. The van der Waals surface area contributed by atoms with E-state index in [2.05, 4.69) is 0 Å². The fourth-order valence-corrected chi connectivity index (χ4v) is 2.44. The molecule has 0 aliphatic heterocycles. The van der Waals surface area contributed by atoms with Crippen LogP contribution in [-0.2, 0) is 19.1 Å². The van der Waals surface area contributed by atoms with Crippen molar-refractivity contribution in [3.05, 3.63) is 0 Å². The molecule has 0 aromatic carbocycles. The highest BCUT2D eigenvalue weighted by molar-refractivity contribution is 6.10. The SMILES string of the molecule is CCOC(=O)[C@]1(C(C)=O)[C@H](C=O)[C@H]1CC. The summed E-state index contributed by atoms with van der Waals surface area (Å²) in [6.45, 7) is 5.13. The van der Waals surface area contributed by atoms with Crippen LogP contribution in [0.1, 0.15) is 27.2 Å². The van der Waals surface area contributed by atoms with Gasteiger partial charge >= 0.3 is 5.97 Å². The van der Waals surface area contributed by atoms with E-state index >= 15 is 0 Å². The monoisotopic (exact) mass is 212 g/mol. The minimum absolute atomic E-state index is 0.174. The third-order valence-corrected chi connectivity index (χ3v) is 3.22. The number of hydrogen-bond acceptors (Lipinski definition) is 4. The molecule has 1 fully saturated rings. The van der Waals surface area contributed by atoms with Crippen LogP contribution in [0.5, 0.6) is 0 Å². The van der Waals surface area contributed by atoms with Gasteiger partial charge in [-0.3, -0.25) is 9.59 Å². The summed E-state index contributed by atoms with van der Waals surface area (Å²) in [6, 6.07) is 0. The highest BCUT2D eigenvalue weighted by Gasteiger charge is 2.72. The van der Waals surface area contributed by atoms with Gasteiger partial charge in [0.2, 0.25) is 0 Å². The van der Waals surface area contributed by atoms with Gasteiger partial charge in [-0.25, -0.2) is 0 Å². The van der Waals surface area contributed by atoms with Crippen LogP contribution in [0.4, 0.5) is 0 Å². The minimum atomic E-state index is -1.17. The van der Waals surface area contributed by atoms with Crippen molar-refractivity contribution in [1.82, 2.24) is 0 Å². The van der Waals surface area contributed by atoms with Gasteiger partial charge in [0.05, 0.1) is 6.61 Å². The highest BCUT2D eigenvalue weighted by Crippen LogP contribution is 2.60. The average molecular weight is 212 g/mol. The van der Waals surface area contributed by atoms with E-state index in [4.69, 9.17) is 4.74 Å². The van der Waals surface area contributed by atoms with E-state index in [0.29, 0.717) is 12.7 Å². The molecule has 84 valence electrons. The summed E-state index contributed by atoms with van der Waals surface area (Å²) in [5.74, 6) is -1.46. The van der Waals surface area contributed by atoms with Crippen molar-refractivity contribution < 1.29 is 19.1 Å². The first-order valence-corrected chi connectivity index (χ1v) is 5.20. The first-order valence-electron chi connectivity index (χ1n) is 5.20. The number of carbonyl (C=O) groups excluding carboxylic acids is 3. The molecule has 0 aromatic heterocycles. The number of Topliss-reactive ketones (excluding diaryl/α,β-unsaturated/α-hetero) is 1. The van der Waals surface area contributed by atoms with Crippen molar-refractivity contribution >= 4 is 18.0 Å². The van der Waals surface area contributed by atoms with Crippen LogP contribution < -0.4 is 0 Å². The highest BCUT2D eigenvalue weighted by atomic mass is 16.5. The van der Waals surface area contributed by atoms with Crippen molar-refractivity contribution in [3.63, 3.8) is 0 Å². The molecule has 4 nitrogen and oxygen atoms in total. The number of ketones is 1. The second kappa shape index (κ2) is 4.13. The topological polar surface area (TPSA) is 60.4 Å². The molecule has 0 heterocycles. The predicted octanol–water partition coefficient (Wildman–Crippen LogP) is 0.980. The van der Waals surface area contributed by atoms with Crippen LogP contribution in [0.3, 0.4) is 0 Å². The Hall–Kier alpha value is -1.19. The first kappa shape index (κ1) is 11.9. The average Bonchev–Trinajstić information content (AvgIpc) is 2.86. The molecular weight excluding hydrogens is 196 g/mol. The second-order valence-electron chi connectivity index (χ2n) is 3.82. The molecule has 3 atom stereocenters. The summed E-state index contributed by atoms with van der Waals surface area (Å²) in [4.78, 5) is 34.0. The molecule has 1 aliphatic carbocycles. The molecule has 0 saturated heterocycles. The molecule has 1 rings (SSSR count). The number of esters is 1. The van der Waals surface area contributed by atoms with E-state index in [-0.39, 0.29) is 18.3 Å². The van der Waals surface area contributed by atoms with E-state index in [0.717, 1.165) is 0 Å². The van der Waals surface area contributed by atoms with Gasteiger partial charge < -0.3 is 9.53 Å². The Kier molecular flexibility index (Phi) is 3.27. The quantitative estimate of drug-likeness (QED) is 0.387. The molecule has 0 spiro atoms. The molecule has 0 radical (unpaired) electrons. The zero-order chi connectivity index (χ0) is 11.6. The molecule has 0 aromatic rings. The molecule has 0 bridgehead atoms. The number of hydrogen-bond donors (Lipinski definition) is 0. The van der Waals surface area contributed by atoms with Gasteiger partial charge in [0.25, 0.3) is 0 Å². The number of aldehydes is 1. The van der Waals surface area contributed by atoms with Crippen molar-refractivity contribution in [2.75, 3.05) is 6.61 Å². The normalized spacial score (nSPS) is 33.3. The lowest BCUT2D eigenvalue weighted by Crippen LogP contribution is -2.30. The van der Waals surface area contributed by atoms with Gasteiger partial charge in [-0.1, -0.05) is 13.3 Å². The molecular formula is C11H16O4. The Labute approximate surface area is 89.0 Å². The largest absolute Gasteiger partial charge is 0.465 e. The molecule has 4 heteroatoms. The lowest BCUT2D eigenvalue weighted by molar-refractivity contribution is -0.155. The minimum Gasteiger partial charge on any atom is -0.465 e. The van der Waals surface area contributed by atoms with Crippen LogP contribution in [0.2, 0.25) is 0 Å².